The van der Waals surface area contributed by atoms with Gasteiger partial charge in [-0.15, -0.1) is 0 Å². The molecule has 2 aromatic rings. The Morgan fingerprint density at radius 3 is 2.39 bits per heavy atom. The lowest BCUT2D eigenvalue weighted by molar-refractivity contribution is -0.384. The van der Waals surface area contributed by atoms with Crippen LogP contribution < -0.4 is 14.9 Å². The minimum absolute atomic E-state index is 0.0512. The van der Waals surface area contributed by atoms with Crippen LogP contribution in [0.25, 0.3) is 0 Å². The van der Waals surface area contributed by atoms with E-state index < -0.39 is 23.1 Å². The fourth-order valence-electron chi connectivity index (χ4n) is 2.31. The monoisotopic (exact) mass is 503 g/mol. The third-order valence-electron chi connectivity index (χ3n) is 3.93. The van der Waals surface area contributed by atoms with Gasteiger partial charge in [0.2, 0.25) is 0 Å². The lowest BCUT2D eigenvalue weighted by atomic mass is 10.2. The smallest absolute Gasteiger partial charge is 0.462 e. The first-order chi connectivity index (χ1) is 15.2. The molecule has 0 saturated carbocycles. The Kier molecular flexibility index (Phi) is 7.62. The van der Waals surface area contributed by atoms with E-state index in [4.69, 9.17) is 21.1 Å². The van der Waals surface area contributed by atoms with Gasteiger partial charge < -0.3 is 9.47 Å². The Bertz CT molecular complexity index is 1050. The van der Waals surface area contributed by atoms with Crippen LogP contribution in [0.2, 0.25) is 5.02 Å². The van der Waals surface area contributed by atoms with Gasteiger partial charge >= 0.3 is 18.1 Å². The number of non-ortho nitro benzene ring substituents is 1. The van der Waals surface area contributed by atoms with Gasteiger partial charge in [-0.1, -0.05) is 23.7 Å². The molecule has 0 spiro atoms. The van der Waals surface area contributed by atoms with Crippen molar-refractivity contribution < 1.29 is 45.1 Å². The maximum atomic E-state index is 13.2. The summed E-state index contributed by atoms with van der Waals surface area (Å²) in [4.78, 5) is 10.2. The number of halogens is 8. The number of nitro groups is 1. The van der Waals surface area contributed by atoms with Crippen molar-refractivity contribution in [2.75, 3.05) is 7.11 Å². The number of nitrogens with one attached hydrogen (secondary N) is 1. The molecule has 15 heteroatoms. The summed E-state index contributed by atoms with van der Waals surface area (Å²) < 4.78 is 99.1. The molecule has 0 aliphatic rings. The molecule has 2 aromatic carbocycles. The highest BCUT2D eigenvalue weighted by Gasteiger charge is 2.73. The molecule has 0 unspecified atom stereocenters. The highest BCUT2D eigenvalue weighted by atomic mass is 35.5. The zero-order valence-electron chi connectivity index (χ0n) is 16.3. The number of ether oxygens (including phenoxy) is 2. The van der Waals surface area contributed by atoms with Crippen LogP contribution >= 0.6 is 11.6 Å². The molecule has 0 bridgehead atoms. The van der Waals surface area contributed by atoms with Gasteiger partial charge in [0.25, 0.3) is 5.69 Å². The molecule has 0 fully saturated rings. The summed E-state index contributed by atoms with van der Waals surface area (Å²) >= 11 is 6.05. The number of hydrazone groups is 1. The molecule has 1 N–H and O–H groups in total. The van der Waals surface area contributed by atoms with Crippen molar-refractivity contribution in [3.8, 4) is 11.5 Å². The van der Waals surface area contributed by atoms with Crippen LogP contribution in [0.3, 0.4) is 0 Å². The van der Waals surface area contributed by atoms with Crippen LogP contribution in [0.1, 0.15) is 11.1 Å². The maximum Gasteiger partial charge on any atom is 0.462 e. The van der Waals surface area contributed by atoms with Crippen molar-refractivity contribution >= 4 is 23.5 Å². The summed E-state index contributed by atoms with van der Waals surface area (Å²) in [7, 11) is 1.18. The summed E-state index contributed by atoms with van der Waals surface area (Å²) in [6.45, 7) is -0.175. The third kappa shape index (κ3) is 5.94. The zero-order chi connectivity index (χ0) is 25.0. The Balaban J connectivity index is 2.18. The quantitative estimate of drug-likeness (QED) is 0.159. The van der Waals surface area contributed by atoms with Gasteiger partial charge in [0.05, 0.1) is 23.3 Å². The first-order valence-electron chi connectivity index (χ1n) is 8.56. The average Bonchev–Trinajstić information content (AvgIpc) is 2.71. The standard InChI is InChI=1S/C18H13ClF7N3O4/c1-32-14-7-11(8-27-28-18(25,26)16(20,21)17(22,23)24)6-13(19)15(14)33-9-10-3-2-4-12(5-10)29(30)31/h2-8,28H,9H2,1H3/b27-8+. The molecule has 2 rings (SSSR count). The molecule has 0 amide bonds. The number of hydrogen-bond donors (Lipinski definition) is 1. The molecule has 0 radical (unpaired) electrons. The second-order valence-corrected chi connectivity index (χ2v) is 6.67. The van der Waals surface area contributed by atoms with Gasteiger partial charge in [0.15, 0.2) is 11.5 Å². The zero-order valence-corrected chi connectivity index (χ0v) is 17.1. The number of nitrogens with zero attached hydrogens (tertiary/aromatic N) is 2. The SMILES string of the molecule is COc1cc(/C=N/NC(F)(F)C(F)(F)C(F)(F)F)cc(Cl)c1OCc1cccc([N+](=O)[O-])c1. The Morgan fingerprint density at radius 1 is 1.15 bits per heavy atom. The number of alkyl halides is 7. The molecule has 33 heavy (non-hydrogen) atoms. The van der Waals surface area contributed by atoms with Crippen LogP contribution in [-0.4, -0.2) is 36.4 Å². The molecule has 0 aliphatic heterocycles. The van der Waals surface area contributed by atoms with E-state index in [2.05, 4.69) is 5.10 Å². The molecule has 0 heterocycles. The Labute approximate surface area is 185 Å². The second kappa shape index (κ2) is 9.68. The second-order valence-electron chi connectivity index (χ2n) is 6.27. The number of benzene rings is 2. The van der Waals surface area contributed by atoms with Gasteiger partial charge in [-0.25, -0.2) is 5.43 Å². The summed E-state index contributed by atoms with van der Waals surface area (Å²) in [6, 6.07) is 1.98. The predicted molar refractivity (Wildman–Crippen MR) is 102 cm³/mol. The fraction of sp³-hybridized carbons (Fsp3) is 0.278. The molecule has 0 aromatic heterocycles. The first-order valence-corrected chi connectivity index (χ1v) is 8.93. The number of hydrogen-bond acceptors (Lipinski definition) is 6. The van der Waals surface area contributed by atoms with Gasteiger partial charge in [-0.05, 0) is 23.3 Å². The minimum atomic E-state index is -6.51. The van der Waals surface area contributed by atoms with Crippen LogP contribution in [0.15, 0.2) is 41.5 Å². The molecular weight excluding hydrogens is 491 g/mol. The van der Waals surface area contributed by atoms with Gasteiger partial charge in [-0.2, -0.15) is 35.8 Å². The third-order valence-corrected chi connectivity index (χ3v) is 4.21. The van der Waals surface area contributed by atoms with Crippen molar-refractivity contribution in [1.29, 1.82) is 0 Å². The molecule has 7 nitrogen and oxygen atoms in total. The largest absolute Gasteiger partial charge is 0.493 e. The van der Waals surface area contributed by atoms with Crippen LogP contribution in [0.4, 0.5) is 36.4 Å². The lowest BCUT2D eigenvalue weighted by Crippen LogP contribution is -2.58. The van der Waals surface area contributed by atoms with Crippen molar-refractivity contribution in [1.82, 2.24) is 5.43 Å². The highest BCUT2D eigenvalue weighted by Crippen LogP contribution is 2.45. The van der Waals surface area contributed by atoms with Crippen LogP contribution in [-0.2, 0) is 6.61 Å². The Hall–Kier alpha value is -3.29. The maximum absolute atomic E-state index is 13.2. The number of rotatable bonds is 9. The predicted octanol–water partition coefficient (Wildman–Crippen LogP) is 5.55. The van der Waals surface area contributed by atoms with E-state index in [9.17, 15) is 40.8 Å². The summed E-state index contributed by atoms with van der Waals surface area (Å²) in [5, 5.41) is 13.4. The van der Waals surface area contributed by atoms with Crippen molar-refractivity contribution in [3.05, 3.63) is 62.7 Å². The average molecular weight is 504 g/mol. The minimum Gasteiger partial charge on any atom is -0.493 e. The number of nitro benzene ring substituents is 1. The van der Waals surface area contributed by atoms with E-state index in [0.717, 1.165) is 12.1 Å². The molecule has 180 valence electrons. The topological polar surface area (TPSA) is 86.0 Å². The van der Waals surface area contributed by atoms with E-state index in [-0.39, 0.29) is 34.4 Å². The van der Waals surface area contributed by atoms with Gasteiger partial charge in [0.1, 0.15) is 6.61 Å². The van der Waals surface area contributed by atoms with E-state index >= 15 is 0 Å². The summed E-state index contributed by atoms with van der Waals surface area (Å²) in [5.41, 5.74) is 0.598. The van der Waals surface area contributed by atoms with Gasteiger partial charge in [0, 0.05) is 12.1 Å². The van der Waals surface area contributed by atoms with Crippen LogP contribution in [0, 0.1) is 10.1 Å². The van der Waals surface area contributed by atoms with E-state index in [0.29, 0.717) is 17.2 Å². The van der Waals surface area contributed by atoms with Crippen molar-refractivity contribution in [2.45, 2.75) is 24.8 Å². The Morgan fingerprint density at radius 2 is 1.82 bits per heavy atom. The van der Waals surface area contributed by atoms with Crippen molar-refractivity contribution in [3.63, 3.8) is 0 Å². The summed E-state index contributed by atoms with van der Waals surface area (Å²) in [5.74, 6) is -6.50. The van der Waals surface area contributed by atoms with Gasteiger partial charge in [-0.3, -0.25) is 10.1 Å². The highest BCUT2D eigenvalue weighted by molar-refractivity contribution is 6.32. The molecule has 0 saturated heterocycles. The fourth-order valence-corrected chi connectivity index (χ4v) is 2.58. The van der Waals surface area contributed by atoms with E-state index in [1.165, 1.54) is 31.4 Å². The molecule has 0 aliphatic carbocycles. The normalized spacial score (nSPS) is 12.6. The number of methoxy groups -OCH3 is 1. The summed E-state index contributed by atoms with van der Waals surface area (Å²) in [6.07, 6.45) is -6.00. The molecular formula is C18H13ClF7N3O4. The van der Waals surface area contributed by atoms with Crippen molar-refractivity contribution in [2.24, 2.45) is 5.10 Å². The lowest BCUT2D eigenvalue weighted by Gasteiger charge is -2.27. The first kappa shape index (κ1) is 26.0. The van der Waals surface area contributed by atoms with E-state index in [1.54, 1.807) is 0 Å². The molecule has 0 atom stereocenters. The van der Waals surface area contributed by atoms with Crippen LogP contribution in [0.5, 0.6) is 11.5 Å². The van der Waals surface area contributed by atoms with E-state index in [1.807, 2.05) is 0 Å².